The number of aromatic amines is 1. The third-order valence-electron chi connectivity index (χ3n) is 7.63. The Morgan fingerprint density at radius 1 is 1.19 bits per heavy atom. The smallest absolute Gasteiger partial charge is 0.308 e. The molecule has 2 bridgehead atoms. The standard InChI is InChI=1S/C25H25F2N7O2/c1-2-34-11-14(8-30-34)21-19(27)24(31-20-13-5-3-12(4-6-13)18(20)25(35)36)33-23(32-21)17-10-29-22-16(17)7-15(26)9-28-22/h7-13,18,20H,2-6H2,1H3,(H,28,29)(H,35,36)(H,31,32,33)/t12?,13?,18-,20-/m0/s1. The van der Waals surface area contributed by atoms with E-state index in [1.807, 2.05) is 6.92 Å². The third kappa shape index (κ3) is 3.69. The van der Waals surface area contributed by atoms with E-state index in [1.165, 1.54) is 12.3 Å². The zero-order chi connectivity index (χ0) is 25.0. The average Bonchev–Trinajstić information content (AvgIpc) is 3.53. The Morgan fingerprint density at radius 3 is 2.69 bits per heavy atom. The van der Waals surface area contributed by atoms with Crippen LogP contribution in [0.15, 0.2) is 30.9 Å². The maximum Gasteiger partial charge on any atom is 0.308 e. The van der Waals surface area contributed by atoms with Gasteiger partial charge in [-0.3, -0.25) is 9.48 Å². The molecule has 3 saturated carbocycles. The van der Waals surface area contributed by atoms with Crippen LogP contribution in [0.5, 0.6) is 0 Å². The van der Waals surface area contributed by atoms with Gasteiger partial charge in [-0.05, 0) is 50.5 Å². The molecule has 186 valence electrons. The van der Waals surface area contributed by atoms with Crippen molar-refractivity contribution in [1.82, 2.24) is 29.7 Å². The highest BCUT2D eigenvalue weighted by Crippen LogP contribution is 2.46. The Kier molecular flexibility index (Phi) is 5.42. The van der Waals surface area contributed by atoms with Crippen molar-refractivity contribution in [3.8, 4) is 22.6 Å². The molecule has 4 heterocycles. The van der Waals surface area contributed by atoms with Crippen molar-refractivity contribution in [3.05, 3.63) is 42.5 Å². The van der Waals surface area contributed by atoms with Crippen molar-refractivity contribution in [2.24, 2.45) is 17.8 Å². The number of fused-ring (bicyclic) bond motifs is 4. The summed E-state index contributed by atoms with van der Waals surface area (Å²) in [6, 6.07) is 0.879. The second-order valence-electron chi connectivity index (χ2n) is 9.60. The predicted octanol–water partition coefficient (Wildman–Crippen LogP) is 4.48. The van der Waals surface area contributed by atoms with Crippen molar-refractivity contribution in [1.29, 1.82) is 0 Å². The highest BCUT2D eigenvalue weighted by atomic mass is 19.1. The van der Waals surface area contributed by atoms with Gasteiger partial charge in [0.2, 0.25) is 0 Å². The van der Waals surface area contributed by atoms with E-state index in [2.05, 4.69) is 30.4 Å². The first kappa shape index (κ1) is 22.6. The molecular weight excluding hydrogens is 468 g/mol. The lowest BCUT2D eigenvalue weighted by atomic mass is 9.61. The molecule has 3 fully saturated rings. The highest BCUT2D eigenvalue weighted by molar-refractivity contribution is 5.92. The first-order chi connectivity index (χ1) is 17.4. The number of H-pyrrole nitrogens is 1. The number of halogens is 2. The van der Waals surface area contributed by atoms with Crippen LogP contribution < -0.4 is 5.32 Å². The number of rotatable bonds is 6. The molecule has 0 unspecified atom stereocenters. The van der Waals surface area contributed by atoms with E-state index < -0.39 is 29.6 Å². The molecule has 3 aliphatic carbocycles. The second kappa shape index (κ2) is 8.65. The number of pyridine rings is 1. The lowest BCUT2D eigenvalue weighted by Gasteiger charge is -2.47. The Labute approximate surface area is 205 Å². The molecule has 0 saturated heterocycles. The molecule has 36 heavy (non-hydrogen) atoms. The number of nitrogens with one attached hydrogen (secondary N) is 2. The summed E-state index contributed by atoms with van der Waals surface area (Å²) in [5.74, 6) is -2.41. The lowest BCUT2D eigenvalue weighted by molar-refractivity contribution is -0.148. The second-order valence-corrected chi connectivity index (χ2v) is 9.60. The molecule has 0 aromatic carbocycles. The van der Waals surface area contributed by atoms with Gasteiger partial charge in [0.1, 0.15) is 17.2 Å². The fourth-order valence-corrected chi connectivity index (χ4v) is 5.85. The topological polar surface area (TPSA) is 122 Å². The minimum Gasteiger partial charge on any atom is -0.481 e. The van der Waals surface area contributed by atoms with Gasteiger partial charge < -0.3 is 15.4 Å². The summed E-state index contributed by atoms with van der Waals surface area (Å²) in [6.45, 7) is 2.52. The van der Waals surface area contributed by atoms with Crippen molar-refractivity contribution < 1.29 is 18.7 Å². The van der Waals surface area contributed by atoms with E-state index in [4.69, 9.17) is 0 Å². The van der Waals surface area contributed by atoms with Gasteiger partial charge in [0.15, 0.2) is 17.5 Å². The number of hydrogen-bond donors (Lipinski definition) is 3. The molecule has 9 nitrogen and oxygen atoms in total. The number of aryl methyl sites for hydroxylation is 1. The van der Waals surface area contributed by atoms with E-state index in [0.29, 0.717) is 28.7 Å². The molecule has 0 radical (unpaired) electrons. The maximum atomic E-state index is 15.9. The molecule has 0 amide bonds. The fraction of sp³-hybridized carbons (Fsp3) is 0.400. The van der Waals surface area contributed by atoms with Crippen LogP contribution in [0.3, 0.4) is 0 Å². The molecule has 0 spiro atoms. The van der Waals surface area contributed by atoms with Gasteiger partial charge in [0.05, 0.1) is 18.3 Å². The maximum absolute atomic E-state index is 15.9. The number of hydrogen-bond acceptors (Lipinski definition) is 6. The van der Waals surface area contributed by atoms with Crippen LogP contribution >= 0.6 is 0 Å². The van der Waals surface area contributed by atoms with Crippen molar-refractivity contribution in [2.75, 3.05) is 5.32 Å². The number of aliphatic carboxylic acids is 1. The summed E-state index contributed by atoms with van der Waals surface area (Å²) in [6.07, 6.45) is 9.47. The van der Waals surface area contributed by atoms with E-state index in [-0.39, 0.29) is 29.2 Å². The zero-order valence-electron chi connectivity index (χ0n) is 19.6. The summed E-state index contributed by atoms with van der Waals surface area (Å²) in [7, 11) is 0. The Balaban J connectivity index is 1.49. The first-order valence-corrected chi connectivity index (χ1v) is 12.2. The SMILES string of the molecule is CCn1cc(-c2nc(-c3c[nH]c4ncc(F)cc34)nc(N[C@H]3C4CCC(CC4)[C@@H]3C(=O)O)c2F)cn1. The number of carbonyl (C=O) groups is 1. The monoisotopic (exact) mass is 493 g/mol. The van der Waals surface area contributed by atoms with Crippen LogP contribution in [-0.4, -0.2) is 46.8 Å². The van der Waals surface area contributed by atoms with Gasteiger partial charge in [-0.15, -0.1) is 0 Å². The van der Waals surface area contributed by atoms with Gasteiger partial charge in [-0.25, -0.2) is 23.7 Å². The minimum atomic E-state index is -0.876. The average molecular weight is 494 g/mol. The predicted molar refractivity (Wildman–Crippen MR) is 128 cm³/mol. The van der Waals surface area contributed by atoms with Crippen LogP contribution in [0, 0.1) is 29.4 Å². The van der Waals surface area contributed by atoms with Gasteiger partial charge in [0.25, 0.3) is 0 Å². The largest absolute Gasteiger partial charge is 0.481 e. The normalized spacial score (nSPS) is 23.3. The molecule has 4 aromatic rings. The van der Waals surface area contributed by atoms with Crippen LogP contribution in [0.2, 0.25) is 0 Å². The van der Waals surface area contributed by atoms with E-state index in [1.54, 1.807) is 17.1 Å². The van der Waals surface area contributed by atoms with Crippen molar-refractivity contribution in [3.63, 3.8) is 0 Å². The molecule has 0 aliphatic heterocycles. The zero-order valence-corrected chi connectivity index (χ0v) is 19.6. The summed E-state index contributed by atoms with van der Waals surface area (Å²) >= 11 is 0. The van der Waals surface area contributed by atoms with Gasteiger partial charge in [-0.1, -0.05) is 0 Å². The fourth-order valence-electron chi connectivity index (χ4n) is 5.85. The molecule has 2 atom stereocenters. The Bertz CT molecular complexity index is 1460. The minimum absolute atomic E-state index is 0.0359. The molecule has 3 N–H and O–H groups in total. The van der Waals surface area contributed by atoms with E-state index in [0.717, 1.165) is 31.9 Å². The summed E-state index contributed by atoms with van der Waals surface area (Å²) < 4.78 is 31.6. The Hall–Kier alpha value is -3.89. The van der Waals surface area contributed by atoms with Crippen molar-refractivity contribution in [2.45, 2.75) is 45.2 Å². The number of carboxylic acid groups (broad SMARTS) is 1. The quantitative estimate of drug-likeness (QED) is 0.362. The molecular formula is C25H25F2N7O2. The number of carboxylic acids is 1. The van der Waals surface area contributed by atoms with E-state index >= 15 is 4.39 Å². The van der Waals surface area contributed by atoms with Crippen LogP contribution in [0.25, 0.3) is 33.7 Å². The van der Waals surface area contributed by atoms with Gasteiger partial charge in [-0.2, -0.15) is 5.10 Å². The van der Waals surface area contributed by atoms with Crippen molar-refractivity contribution >= 4 is 22.8 Å². The number of aromatic nitrogens is 6. The summed E-state index contributed by atoms with van der Waals surface area (Å²) in [5, 5.41) is 17.8. The third-order valence-corrected chi connectivity index (χ3v) is 7.63. The molecule has 7 rings (SSSR count). The molecule has 3 aliphatic rings. The van der Waals surface area contributed by atoms with Gasteiger partial charge >= 0.3 is 5.97 Å². The number of nitrogens with zero attached hydrogens (tertiary/aromatic N) is 5. The number of anilines is 1. The molecule has 11 heteroatoms. The van der Waals surface area contributed by atoms with E-state index in [9.17, 15) is 14.3 Å². The highest BCUT2D eigenvalue weighted by Gasteiger charge is 2.47. The van der Waals surface area contributed by atoms with Gasteiger partial charge in [0, 0.05) is 41.5 Å². The van der Waals surface area contributed by atoms with Crippen LogP contribution in [0.4, 0.5) is 14.6 Å². The summed E-state index contributed by atoms with van der Waals surface area (Å²) in [4.78, 5) is 28.2. The van der Waals surface area contributed by atoms with Crippen LogP contribution in [0.1, 0.15) is 32.6 Å². The molecule has 4 aromatic heterocycles. The Morgan fingerprint density at radius 2 is 1.97 bits per heavy atom. The summed E-state index contributed by atoms with van der Waals surface area (Å²) in [5.41, 5.74) is 1.41. The first-order valence-electron chi connectivity index (χ1n) is 12.2. The lowest BCUT2D eigenvalue weighted by Crippen LogP contribution is -2.51. The van der Waals surface area contributed by atoms with Crippen LogP contribution in [-0.2, 0) is 11.3 Å².